The fourth-order valence-corrected chi connectivity index (χ4v) is 2.95. The number of benzene rings is 1. The molecule has 25 heavy (non-hydrogen) atoms. The van der Waals surface area contributed by atoms with Crippen LogP contribution in [0, 0.1) is 0 Å². The summed E-state index contributed by atoms with van der Waals surface area (Å²) in [7, 11) is 3.78. The van der Waals surface area contributed by atoms with Crippen LogP contribution in [0.5, 0.6) is 0 Å². The molecule has 0 amide bonds. The highest BCUT2D eigenvalue weighted by molar-refractivity contribution is 6.29. The molecule has 6 nitrogen and oxygen atoms in total. The monoisotopic (exact) mass is 330 g/mol. The molecule has 3 aromatic rings. The number of carbonyl (C=O) groups is 2. The van der Waals surface area contributed by atoms with Gasteiger partial charge in [-0.25, -0.2) is 15.0 Å². The van der Waals surface area contributed by atoms with Crippen LogP contribution in [0.2, 0.25) is 0 Å². The van der Waals surface area contributed by atoms with E-state index in [2.05, 4.69) is 15.0 Å². The standard InChI is InChI=1S/C19H14N4O2/c1-23(2)8-7-12-11-5-3-4-6-14(11)22-17-15(12)19(25)16-13(18(17)24)9-20-10-21-16/h3-10H,1-2H3/b8-7+. The molecule has 0 aliphatic heterocycles. The maximum atomic E-state index is 13.0. The second kappa shape index (κ2) is 5.59. The maximum Gasteiger partial charge on any atom is 0.216 e. The summed E-state index contributed by atoms with van der Waals surface area (Å²) in [6.45, 7) is 0. The largest absolute Gasteiger partial charge is 0.383 e. The number of para-hydroxylation sites is 1. The molecule has 1 aromatic carbocycles. The molecule has 0 unspecified atom stereocenters. The number of pyridine rings is 1. The minimum absolute atomic E-state index is 0.129. The Bertz CT molecular complexity index is 1070. The van der Waals surface area contributed by atoms with Crippen molar-refractivity contribution in [2.45, 2.75) is 0 Å². The highest BCUT2D eigenvalue weighted by Gasteiger charge is 2.34. The Morgan fingerprint density at radius 2 is 1.84 bits per heavy atom. The van der Waals surface area contributed by atoms with Crippen molar-refractivity contribution in [1.82, 2.24) is 19.9 Å². The summed E-state index contributed by atoms with van der Waals surface area (Å²) in [6.07, 6.45) is 6.33. The summed E-state index contributed by atoms with van der Waals surface area (Å²) in [5, 5.41) is 0.818. The number of ketones is 2. The van der Waals surface area contributed by atoms with Crippen LogP contribution in [0.4, 0.5) is 0 Å². The molecule has 0 bridgehead atoms. The normalized spacial score (nSPS) is 13.2. The minimum Gasteiger partial charge on any atom is -0.383 e. The van der Waals surface area contributed by atoms with Crippen molar-refractivity contribution < 1.29 is 9.59 Å². The lowest BCUT2D eigenvalue weighted by molar-refractivity contribution is 0.0971. The number of hydrogen-bond donors (Lipinski definition) is 0. The van der Waals surface area contributed by atoms with E-state index in [9.17, 15) is 9.59 Å². The van der Waals surface area contributed by atoms with Gasteiger partial charge in [0, 0.05) is 25.7 Å². The third-order valence-corrected chi connectivity index (χ3v) is 4.09. The first-order valence-corrected chi connectivity index (χ1v) is 7.74. The molecule has 0 saturated carbocycles. The first-order valence-electron chi connectivity index (χ1n) is 7.74. The van der Waals surface area contributed by atoms with Crippen molar-refractivity contribution in [1.29, 1.82) is 0 Å². The van der Waals surface area contributed by atoms with Crippen LogP contribution in [-0.4, -0.2) is 45.5 Å². The van der Waals surface area contributed by atoms with E-state index in [1.165, 1.54) is 12.5 Å². The first kappa shape index (κ1) is 15.1. The fraction of sp³-hybridized carbons (Fsp3) is 0.105. The summed E-state index contributed by atoms with van der Waals surface area (Å²) in [5.41, 5.74) is 2.13. The Morgan fingerprint density at radius 3 is 2.64 bits per heavy atom. The van der Waals surface area contributed by atoms with Crippen LogP contribution in [0.25, 0.3) is 17.0 Å². The van der Waals surface area contributed by atoms with E-state index in [0.29, 0.717) is 16.6 Å². The SMILES string of the molecule is CN(C)/C=C/c1c2c(nc3ccccc13)C(=O)c1cncnc1C2=O. The Morgan fingerprint density at radius 1 is 1.04 bits per heavy atom. The Labute approximate surface area is 143 Å². The van der Waals surface area contributed by atoms with E-state index >= 15 is 0 Å². The highest BCUT2D eigenvalue weighted by Crippen LogP contribution is 2.32. The van der Waals surface area contributed by atoms with Gasteiger partial charge in [-0.3, -0.25) is 9.59 Å². The van der Waals surface area contributed by atoms with Gasteiger partial charge in [-0.05, 0) is 23.9 Å². The van der Waals surface area contributed by atoms with Gasteiger partial charge in [0.2, 0.25) is 11.6 Å². The van der Waals surface area contributed by atoms with E-state index in [1.807, 2.05) is 55.5 Å². The molecule has 2 aromatic heterocycles. The third-order valence-electron chi connectivity index (χ3n) is 4.09. The van der Waals surface area contributed by atoms with Gasteiger partial charge in [-0.1, -0.05) is 18.2 Å². The van der Waals surface area contributed by atoms with Crippen molar-refractivity contribution in [3.8, 4) is 0 Å². The molecular formula is C19H14N4O2. The van der Waals surface area contributed by atoms with Crippen molar-refractivity contribution >= 4 is 28.5 Å². The van der Waals surface area contributed by atoms with Gasteiger partial charge in [0.05, 0.1) is 16.6 Å². The van der Waals surface area contributed by atoms with Crippen molar-refractivity contribution in [3.63, 3.8) is 0 Å². The molecule has 0 atom stereocenters. The second-order valence-electron chi connectivity index (χ2n) is 5.99. The lowest BCUT2D eigenvalue weighted by atomic mass is 9.86. The van der Waals surface area contributed by atoms with Crippen LogP contribution in [-0.2, 0) is 0 Å². The molecule has 1 aliphatic rings. The van der Waals surface area contributed by atoms with Gasteiger partial charge >= 0.3 is 0 Å². The average Bonchev–Trinajstić information content (AvgIpc) is 2.63. The van der Waals surface area contributed by atoms with E-state index in [0.717, 1.165) is 5.39 Å². The molecule has 0 spiro atoms. The zero-order valence-electron chi connectivity index (χ0n) is 13.7. The Balaban J connectivity index is 2.09. The molecule has 0 N–H and O–H groups in total. The minimum atomic E-state index is -0.324. The summed E-state index contributed by atoms with van der Waals surface area (Å²) >= 11 is 0. The number of nitrogens with zero attached hydrogens (tertiary/aromatic N) is 4. The second-order valence-corrected chi connectivity index (χ2v) is 5.99. The van der Waals surface area contributed by atoms with Gasteiger partial charge in [0.15, 0.2) is 0 Å². The molecule has 0 saturated heterocycles. The van der Waals surface area contributed by atoms with E-state index in [4.69, 9.17) is 0 Å². The van der Waals surface area contributed by atoms with Crippen LogP contribution < -0.4 is 0 Å². The van der Waals surface area contributed by atoms with Crippen LogP contribution in [0.1, 0.15) is 37.7 Å². The highest BCUT2D eigenvalue weighted by atomic mass is 16.1. The number of hydrogen-bond acceptors (Lipinski definition) is 6. The average molecular weight is 330 g/mol. The van der Waals surface area contributed by atoms with Crippen molar-refractivity contribution in [2.75, 3.05) is 14.1 Å². The van der Waals surface area contributed by atoms with E-state index in [-0.39, 0.29) is 28.5 Å². The van der Waals surface area contributed by atoms with Gasteiger partial charge in [0.25, 0.3) is 0 Å². The molecular weight excluding hydrogens is 316 g/mol. The van der Waals surface area contributed by atoms with E-state index < -0.39 is 0 Å². The first-order chi connectivity index (χ1) is 12.1. The lowest BCUT2D eigenvalue weighted by Gasteiger charge is -2.19. The molecule has 0 radical (unpaired) electrons. The van der Waals surface area contributed by atoms with Crippen LogP contribution in [0.3, 0.4) is 0 Å². The number of rotatable bonds is 2. The third kappa shape index (κ3) is 2.30. The Kier molecular flexibility index (Phi) is 3.39. The summed E-state index contributed by atoms with van der Waals surface area (Å²) in [6, 6.07) is 7.46. The van der Waals surface area contributed by atoms with Gasteiger partial charge in [0.1, 0.15) is 17.7 Å². The number of fused-ring (bicyclic) bond motifs is 3. The molecule has 1 aliphatic carbocycles. The number of aromatic nitrogens is 3. The zero-order valence-corrected chi connectivity index (χ0v) is 13.7. The predicted molar refractivity (Wildman–Crippen MR) is 93.4 cm³/mol. The predicted octanol–water partition coefficient (Wildman–Crippen LogP) is 2.33. The van der Waals surface area contributed by atoms with Crippen molar-refractivity contribution in [3.05, 3.63) is 71.1 Å². The van der Waals surface area contributed by atoms with Gasteiger partial charge < -0.3 is 4.90 Å². The van der Waals surface area contributed by atoms with Crippen molar-refractivity contribution in [2.24, 2.45) is 0 Å². The van der Waals surface area contributed by atoms with Crippen LogP contribution in [0.15, 0.2) is 43.0 Å². The van der Waals surface area contributed by atoms with Gasteiger partial charge in [-0.2, -0.15) is 0 Å². The molecule has 0 fully saturated rings. The van der Waals surface area contributed by atoms with Crippen LogP contribution >= 0.6 is 0 Å². The molecule has 6 heteroatoms. The smallest absolute Gasteiger partial charge is 0.216 e. The maximum absolute atomic E-state index is 13.0. The Hall–Kier alpha value is -3.41. The topological polar surface area (TPSA) is 76.1 Å². The quantitative estimate of drug-likeness (QED) is 0.561. The molecule has 4 rings (SSSR count). The van der Waals surface area contributed by atoms with E-state index in [1.54, 1.807) is 0 Å². The fourth-order valence-electron chi connectivity index (χ4n) is 2.95. The summed E-state index contributed by atoms with van der Waals surface area (Å²) < 4.78 is 0. The van der Waals surface area contributed by atoms with Gasteiger partial charge in [-0.15, -0.1) is 0 Å². The molecule has 122 valence electrons. The zero-order chi connectivity index (χ0) is 17.6. The lowest BCUT2D eigenvalue weighted by Crippen LogP contribution is -2.25. The number of carbonyl (C=O) groups excluding carboxylic acids is 2. The summed E-state index contributed by atoms with van der Waals surface area (Å²) in [5.74, 6) is -0.626. The molecule has 2 heterocycles. The summed E-state index contributed by atoms with van der Waals surface area (Å²) in [4.78, 5) is 40.1.